The van der Waals surface area contributed by atoms with Crippen LogP contribution in [0.5, 0.6) is 5.75 Å². The third-order valence-corrected chi connectivity index (χ3v) is 5.95. The lowest BCUT2D eigenvalue weighted by molar-refractivity contribution is 0.285. The minimum Gasteiger partial charge on any atom is -0.490 e. The lowest BCUT2D eigenvalue weighted by Gasteiger charge is -2.14. The topological polar surface area (TPSA) is 81.4 Å². The minimum absolute atomic E-state index is 0.107. The van der Waals surface area contributed by atoms with E-state index < -0.39 is 10.0 Å². The molecule has 0 amide bonds. The Balaban J connectivity index is 1.77. The Hall–Kier alpha value is -1.18. The van der Waals surface area contributed by atoms with Crippen LogP contribution in [0.4, 0.5) is 4.39 Å². The van der Waals surface area contributed by atoms with Crippen molar-refractivity contribution in [2.24, 2.45) is 17.6 Å². The van der Waals surface area contributed by atoms with E-state index in [1.54, 1.807) is 12.1 Å². The summed E-state index contributed by atoms with van der Waals surface area (Å²) in [5, 5.41) is 0. The second kappa shape index (κ2) is 10.2. The van der Waals surface area contributed by atoms with Gasteiger partial charge in [-0.15, -0.1) is 0 Å². The van der Waals surface area contributed by atoms with E-state index in [0.29, 0.717) is 44.2 Å². The monoisotopic (exact) mass is 386 g/mol. The van der Waals surface area contributed by atoms with Gasteiger partial charge in [0, 0.05) is 6.54 Å². The number of sulfonamides is 1. The first kappa shape index (κ1) is 21.1. The van der Waals surface area contributed by atoms with Gasteiger partial charge >= 0.3 is 0 Å². The van der Waals surface area contributed by atoms with E-state index in [1.165, 1.54) is 6.07 Å². The molecule has 1 aromatic carbocycles. The van der Waals surface area contributed by atoms with Crippen molar-refractivity contribution in [3.63, 3.8) is 0 Å². The molecule has 0 heterocycles. The minimum atomic E-state index is -3.25. The molecule has 0 unspecified atom stereocenters. The van der Waals surface area contributed by atoms with Crippen LogP contribution in [-0.4, -0.2) is 33.9 Å². The van der Waals surface area contributed by atoms with Crippen LogP contribution in [0.1, 0.15) is 44.6 Å². The number of hydrogen-bond acceptors (Lipinski definition) is 4. The highest BCUT2D eigenvalue weighted by molar-refractivity contribution is 7.89. The van der Waals surface area contributed by atoms with Crippen LogP contribution in [0.15, 0.2) is 18.2 Å². The Bertz CT molecular complexity index is 663. The quantitative estimate of drug-likeness (QED) is 0.511. The Morgan fingerprint density at radius 1 is 1.31 bits per heavy atom. The number of nitrogens with two attached hydrogens (primary N) is 1. The number of rotatable bonds is 13. The van der Waals surface area contributed by atoms with E-state index in [1.807, 2.05) is 6.92 Å². The summed E-state index contributed by atoms with van der Waals surface area (Å²) in [6, 6.07) is 4.89. The van der Waals surface area contributed by atoms with Gasteiger partial charge in [-0.25, -0.2) is 17.5 Å². The molecule has 2 rings (SSSR count). The average Bonchev–Trinajstić information content (AvgIpc) is 3.42. The van der Waals surface area contributed by atoms with Gasteiger partial charge in [0.05, 0.1) is 12.4 Å². The van der Waals surface area contributed by atoms with Gasteiger partial charge in [-0.3, -0.25) is 0 Å². The zero-order valence-corrected chi connectivity index (χ0v) is 16.4. The molecule has 0 spiro atoms. The summed E-state index contributed by atoms with van der Waals surface area (Å²) in [5.74, 6) is 0.754. The highest BCUT2D eigenvalue weighted by Gasteiger charge is 2.22. The lowest BCUT2D eigenvalue weighted by atomic mass is 10.0. The molecule has 0 saturated heterocycles. The molecule has 1 atom stereocenters. The molecule has 0 bridgehead atoms. The second-order valence-electron chi connectivity index (χ2n) is 7.35. The maximum atomic E-state index is 13.8. The zero-order chi connectivity index (χ0) is 19.0. The van der Waals surface area contributed by atoms with Crippen molar-refractivity contribution in [3.05, 3.63) is 29.6 Å². The van der Waals surface area contributed by atoms with Crippen molar-refractivity contribution in [2.75, 3.05) is 25.4 Å². The summed E-state index contributed by atoms with van der Waals surface area (Å²) in [5.41, 5.74) is 6.36. The summed E-state index contributed by atoms with van der Waals surface area (Å²) >= 11 is 0. The Morgan fingerprint density at radius 3 is 2.77 bits per heavy atom. The average molecular weight is 387 g/mol. The number of benzene rings is 1. The molecular weight excluding hydrogens is 355 g/mol. The first-order valence-electron chi connectivity index (χ1n) is 9.48. The van der Waals surface area contributed by atoms with Crippen molar-refractivity contribution >= 4 is 10.0 Å². The van der Waals surface area contributed by atoms with Gasteiger partial charge in [-0.1, -0.05) is 19.4 Å². The summed E-state index contributed by atoms with van der Waals surface area (Å²) in [6.45, 7) is 3.51. The van der Waals surface area contributed by atoms with E-state index in [4.69, 9.17) is 10.5 Å². The molecule has 0 radical (unpaired) electrons. The molecule has 1 saturated carbocycles. The highest BCUT2D eigenvalue weighted by atomic mass is 32.2. The van der Waals surface area contributed by atoms with E-state index in [-0.39, 0.29) is 17.5 Å². The molecule has 1 fully saturated rings. The first-order chi connectivity index (χ1) is 12.4. The summed E-state index contributed by atoms with van der Waals surface area (Å²) in [4.78, 5) is 0. The van der Waals surface area contributed by atoms with Crippen LogP contribution in [0, 0.1) is 17.7 Å². The molecule has 0 aliphatic heterocycles. The van der Waals surface area contributed by atoms with Gasteiger partial charge in [0.1, 0.15) is 0 Å². The van der Waals surface area contributed by atoms with Gasteiger partial charge in [-0.2, -0.15) is 0 Å². The number of ether oxygens (including phenoxy) is 1. The van der Waals surface area contributed by atoms with Crippen molar-refractivity contribution in [3.8, 4) is 5.75 Å². The van der Waals surface area contributed by atoms with Gasteiger partial charge in [0.2, 0.25) is 10.0 Å². The Morgan fingerprint density at radius 2 is 2.08 bits per heavy atom. The van der Waals surface area contributed by atoms with Crippen LogP contribution in [0.3, 0.4) is 0 Å². The molecule has 1 aliphatic carbocycles. The van der Waals surface area contributed by atoms with Crippen LogP contribution in [-0.2, 0) is 16.4 Å². The van der Waals surface area contributed by atoms with E-state index >= 15 is 0 Å². The van der Waals surface area contributed by atoms with Crippen LogP contribution in [0.25, 0.3) is 0 Å². The van der Waals surface area contributed by atoms with Gasteiger partial charge < -0.3 is 10.5 Å². The first-order valence-corrected chi connectivity index (χ1v) is 11.1. The number of halogens is 1. The fourth-order valence-electron chi connectivity index (χ4n) is 2.71. The summed E-state index contributed by atoms with van der Waals surface area (Å²) in [7, 11) is -3.25. The van der Waals surface area contributed by atoms with Crippen LogP contribution >= 0.6 is 0 Å². The van der Waals surface area contributed by atoms with Crippen molar-refractivity contribution < 1.29 is 17.5 Å². The third kappa shape index (κ3) is 8.01. The van der Waals surface area contributed by atoms with Crippen LogP contribution < -0.4 is 15.2 Å². The van der Waals surface area contributed by atoms with Crippen molar-refractivity contribution in [2.45, 2.75) is 45.4 Å². The molecule has 1 aromatic rings. The van der Waals surface area contributed by atoms with Crippen molar-refractivity contribution in [1.29, 1.82) is 0 Å². The molecule has 0 aromatic heterocycles. The zero-order valence-electron chi connectivity index (χ0n) is 15.5. The maximum Gasteiger partial charge on any atom is 0.211 e. The Kier molecular flexibility index (Phi) is 8.31. The normalized spacial score (nSPS) is 15.8. The van der Waals surface area contributed by atoms with Crippen LogP contribution in [0.2, 0.25) is 0 Å². The van der Waals surface area contributed by atoms with Gasteiger partial charge in [0.15, 0.2) is 11.6 Å². The lowest BCUT2D eigenvalue weighted by Crippen LogP contribution is -2.31. The number of nitrogens with one attached hydrogen (secondary N) is 1. The van der Waals surface area contributed by atoms with E-state index in [2.05, 4.69) is 4.72 Å². The largest absolute Gasteiger partial charge is 0.490 e. The molecule has 5 nitrogen and oxygen atoms in total. The Labute approximate surface area is 156 Å². The molecule has 148 valence electrons. The maximum absolute atomic E-state index is 13.8. The van der Waals surface area contributed by atoms with Gasteiger partial charge in [0.25, 0.3) is 0 Å². The standard InChI is InChI=1S/C19H31FN2O3S/c1-15(13-22-26(23,24)10-4-2-3-9-21)11-17-7-8-18(20)19(12-17)25-14-16-5-6-16/h7-8,12,15-16,22H,2-6,9-11,13-14,21H2,1H3/t15-/m1/s1. The highest BCUT2D eigenvalue weighted by Crippen LogP contribution is 2.30. The molecule has 1 aliphatic rings. The fourth-order valence-corrected chi connectivity index (χ4v) is 3.97. The summed E-state index contributed by atoms with van der Waals surface area (Å²) < 4.78 is 46.0. The van der Waals surface area contributed by atoms with E-state index in [9.17, 15) is 12.8 Å². The van der Waals surface area contributed by atoms with Crippen molar-refractivity contribution in [1.82, 2.24) is 4.72 Å². The molecule has 26 heavy (non-hydrogen) atoms. The second-order valence-corrected chi connectivity index (χ2v) is 9.27. The smallest absolute Gasteiger partial charge is 0.211 e. The predicted molar refractivity (Wildman–Crippen MR) is 102 cm³/mol. The number of unbranched alkanes of at least 4 members (excludes halogenated alkanes) is 2. The SMILES string of the molecule is C[C@@H](CNS(=O)(=O)CCCCCN)Cc1ccc(F)c(OCC2CC2)c1. The fraction of sp³-hybridized carbons (Fsp3) is 0.684. The molecular formula is C19H31FN2O3S. The molecule has 7 heteroatoms. The van der Waals surface area contributed by atoms with E-state index in [0.717, 1.165) is 31.2 Å². The van der Waals surface area contributed by atoms with Gasteiger partial charge in [-0.05, 0) is 68.2 Å². The third-order valence-electron chi connectivity index (χ3n) is 4.52. The molecule has 3 N–H and O–H groups in total. The predicted octanol–water partition coefficient (Wildman–Crippen LogP) is 2.84. The summed E-state index contributed by atoms with van der Waals surface area (Å²) in [6.07, 6.45) is 5.28. The number of hydrogen-bond donors (Lipinski definition) is 2.